The molecule has 0 saturated carbocycles. The third-order valence-corrected chi connectivity index (χ3v) is 5.82. The Bertz CT molecular complexity index is 1110. The van der Waals surface area contributed by atoms with Crippen molar-refractivity contribution in [2.24, 2.45) is 0 Å². The van der Waals surface area contributed by atoms with Crippen molar-refractivity contribution in [3.05, 3.63) is 77.5 Å². The SMILES string of the molecule is Cc1c(C(=O)Nc2cccc(C(F)(F)F)c2)cc(-c2ccccc2)n1CCCN(CCO)CCO. The van der Waals surface area contributed by atoms with Crippen LogP contribution in [0.2, 0.25) is 0 Å². The molecule has 0 fully saturated rings. The molecule has 3 aromatic rings. The Morgan fingerprint density at radius 3 is 2.29 bits per heavy atom. The fraction of sp³-hybridized carbons (Fsp3) is 0.346. The van der Waals surface area contributed by atoms with Crippen LogP contribution < -0.4 is 5.32 Å². The molecule has 0 radical (unpaired) electrons. The van der Waals surface area contributed by atoms with E-state index in [1.807, 2.05) is 46.7 Å². The number of alkyl halides is 3. The van der Waals surface area contributed by atoms with Gasteiger partial charge in [-0.15, -0.1) is 0 Å². The number of hydrogen-bond acceptors (Lipinski definition) is 4. The second-order valence-corrected chi connectivity index (χ2v) is 8.22. The van der Waals surface area contributed by atoms with Gasteiger partial charge in [0.2, 0.25) is 0 Å². The molecular weight excluding hydrogens is 459 g/mol. The van der Waals surface area contributed by atoms with Gasteiger partial charge in [-0.25, -0.2) is 0 Å². The van der Waals surface area contributed by atoms with Crippen LogP contribution in [0.25, 0.3) is 11.3 Å². The fourth-order valence-electron chi connectivity index (χ4n) is 4.05. The lowest BCUT2D eigenvalue weighted by Gasteiger charge is -2.21. The molecule has 0 unspecified atom stereocenters. The maximum Gasteiger partial charge on any atom is 0.416 e. The van der Waals surface area contributed by atoms with Gasteiger partial charge in [0.1, 0.15) is 0 Å². The Kier molecular flexibility index (Phi) is 9.08. The second-order valence-electron chi connectivity index (χ2n) is 8.22. The maximum absolute atomic E-state index is 13.1. The highest BCUT2D eigenvalue weighted by molar-refractivity contribution is 6.06. The van der Waals surface area contributed by atoms with E-state index in [2.05, 4.69) is 5.32 Å². The number of nitrogens with one attached hydrogen (secondary N) is 1. The quantitative estimate of drug-likeness (QED) is 0.373. The number of hydrogen-bond donors (Lipinski definition) is 3. The summed E-state index contributed by atoms with van der Waals surface area (Å²) >= 11 is 0. The summed E-state index contributed by atoms with van der Waals surface area (Å²) in [6.45, 7) is 3.96. The number of halogens is 3. The first-order valence-electron chi connectivity index (χ1n) is 11.4. The summed E-state index contributed by atoms with van der Waals surface area (Å²) in [6.07, 6.45) is -3.79. The first-order chi connectivity index (χ1) is 16.7. The highest BCUT2D eigenvalue weighted by atomic mass is 19.4. The van der Waals surface area contributed by atoms with Gasteiger partial charge in [0, 0.05) is 43.3 Å². The summed E-state index contributed by atoms with van der Waals surface area (Å²) in [6, 6.07) is 15.9. The number of carbonyl (C=O) groups excluding carboxylic acids is 1. The molecule has 1 aromatic heterocycles. The van der Waals surface area contributed by atoms with Crippen LogP contribution in [0.4, 0.5) is 18.9 Å². The molecule has 1 heterocycles. The molecule has 3 rings (SSSR count). The summed E-state index contributed by atoms with van der Waals surface area (Å²) in [5.74, 6) is -0.486. The number of aromatic nitrogens is 1. The molecule has 1 amide bonds. The van der Waals surface area contributed by atoms with Gasteiger partial charge in [-0.3, -0.25) is 9.69 Å². The van der Waals surface area contributed by atoms with E-state index in [-0.39, 0.29) is 18.9 Å². The third kappa shape index (κ3) is 6.94. The van der Waals surface area contributed by atoms with Crippen LogP contribution >= 0.6 is 0 Å². The average molecular weight is 490 g/mol. The highest BCUT2D eigenvalue weighted by Crippen LogP contribution is 2.31. The van der Waals surface area contributed by atoms with Crippen LogP contribution in [0.5, 0.6) is 0 Å². The lowest BCUT2D eigenvalue weighted by atomic mass is 10.1. The number of anilines is 1. The van der Waals surface area contributed by atoms with Crippen LogP contribution in [0.15, 0.2) is 60.7 Å². The molecule has 0 atom stereocenters. The van der Waals surface area contributed by atoms with E-state index in [0.717, 1.165) is 23.4 Å². The smallest absolute Gasteiger partial charge is 0.395 e. The zero-order valence-corrected chi connectivity index (χ0v) is 19.6. The molecule has 0 spiro atoms. The van der Waals surface area contributed by atoms with E-state index < -0.39 is 17.6 Å². The van der Waals surface area contributed by atoms with Crippen molar-refractivity contribution in [2.45, 2.75) is 26.1 Å². The Labute approximate surface area is 202 Å². The number of amides is 1. The lowest BCUT2D eigenvalue weighted by Crippen LogP contribution is -2.31. The van der Waals surface area contributed by atoms with Gasteiger partial charge in [0.05, 0.1) is 24.3 Å². The summed E-state index contributed by atoms with van der Waals surface area (Å²) in [7, 11) is 0. The maximum atomic E-state index is 13.1. The van der Waals surface area contributed by atoms with Crippen LogP contribution in [-0.2, 0) is 12.7 Å². The number of aliphatic hydroxyl groups is 2. The number of carbonyl (C=O) groups is 1. The second kappa shape index (κ2) is 12.0. The molecule has 0 aliphatic heterocycles. The van der Waals surface area contributed by atoms with E-state index in [1.165, 1.54) is 12.1 Å². The fourth-order valence-corrected chi connectivity index (χ4v) is 4.05. The Morgan fingerprint density at radius 2 is 1.66 bits per heavy atom. The van der Waals surface area contributed by atoms with Crippen LogP contribution in [0.3, 0.4) is 0 Å². The lowest BCUT2D eigenvalue weighted by molar-refractivity contribution is -0.137. The van der Waals surface area contributed by atoms with E-state index in [9.17, 15) is 28.2 Å². The van der Waals surface area contributed by atoms with Gasteiger partial charge >= 0.3 is 6.18 Å². The predicted octanol–water partition coefficient (Wildman–Crippen LogP) is 4.41. The van der Waals surface area contributed by atoms with Crippen molar-refractivity contribution in [2.75, 3.05) is 38.2 Å². The average Bonchev–Trinajstić information content (AvgIpc) is 3.16. The van der Waals surface area contributed by atoms with E-state index >= 15 is 0 Å². The van der Waals surface area contributed by atoms with Gasteiger partial charge in [-0.1, -0.05) is 36.4 Å². The minimum Gasteiger partial charge on any atom is -0.395 e. The minimum atomic E-state index is -4.50. The standard InChI is InChI=1S/C26H30F3N3O3/c1-19-23(25(35)30-22-10-5-9-21(17-22)26(27,28)29)18-24(20-7-3-2-4-8-20)32(19)12-6-11-31(13-15-33)14-16-34/h2-5,7-10,17-18,33-34H,6,11-16H2,1H3,(H,30,35). The van der Waals surface area contributed by atoms with Crippen molar-refractivity contribution in [1.29, 1.82) is 0 Å². The van der Waals surface area contributed by atoms with Gasteiger partial charge in [-0.2, -0.15) is 13.2 Å². The number of nitrogens with zero attached hydrogens (tertiary/aromatic N) is 2. The van der Waals surface area contributed by atoms with Crippen molar-refractivity contribution in [3.8, 4) is 11.3 Å². The number of rotatable bonds is 11. The van der Waals surface area contributed by atoms with Crippen molar-refractivity contribution in [3.63, 3.8) is 0 Å². The molecule has 188 valence electrons. The van der Waals surface area contributed by atoms with Crippen LogP contribution in [0, 0.1) is 6.92 Å². The molecule has 0 aliphatic carbocycles. The molecule has 9 heteroatoms. The van der Waals surface area contributed by atoms with Crippen molar-refractivity contribution < 1.29 is 28.2 Å². The van der Waals surface area contributed by atoms with Gasteiger partial charge < -0.3 is 20.1 Å². The van der Waals surface area contributed by atoms with Crippen LogP contribution in [-0.4, -0.2) is 58.4 Å². The zero-order valence-electron chi connectivity index (χ0n) is 19.6. The number of aliphatic hydroxyl groups excluding tert-OH is 2. The van der Waals surface area contributed by atoms with E-state index in [0.29, 0.717) is 43.9 Å². The molecule has 2 aromatic carbocycles. The van der Waals surface area contributed by atoms with Crippen LogP contribution in [0.1, 0.15) is 28.0 Å². The molecule has 3 N–H and O–H groups in total. The van der Waals surface area contributed by atoms with Crippen molar-refractivity contribution in [1.82, 2.24) is 9.47 Å². The van der Waals surface area contributed by atoms with E-state index in [4.69, 9.17) is 0 Å². The normalized spacial score (nSPS) is 11.7. The Hall–Kier alpha value is -3.14. The molecule has 0 saturated heterocycles. The topological polar surface area (TPSA) is 77.7 Å². The third-order valence-electron chi connectivity index (χ3n) is 5.82. The molecule has 35 heavy (non-hydrogen) atoms. The first kappa shape index (κ1) is 26.5. The number of benzene rings is 2. The Morgan fingerprint density at radius 1 is 0.971 bits per heavy atom. The summed E-state index contributed by atoms with van der Waals surface area (Å²) in [5.41, 5.74) is 2.06. The van der Waals surface area contributed by atoms with Crippen molar-refractivity contribution >= 4 is 11.6 Å². The summed E-state index contributed by atoms with van der Waals surface area (Å²) in [4.78, 5) is 15.0. The first-order valence-corrected chi connectivity index (χ1v) is 11.4. The van der Waals surface area contributed by atoms with Gasteiger partial charge in [0.25, 0.3) is 5.91 Å². The van der Waals surface area contributed by atoms with E-state index in [1.54, 1.807) is 6.07 Å². The molecular formula is C26H30F3N3O3. The monoisotopic (exact) mass is 489 g/mol. The Balaban J connectivity index is 1.86. The minimum absolute atomic E-state index is 0.00231. The summed E-state index contributed by atoms with van der Waals surface area (Å²) in [5, 5.41) is 21.1. The van der Waals surface area contributed by atoms with Gasteiger partial charge in [-0.05, 0) is 43.2 Å². The molecule has 0 aliphatic rings. The largest absolute Gasteiger partial charge is 0.416 e. The zero-order chi connectivity index (χ0) is 25.4. The molecule has 0 bridgehead atoms. The molecule has 6 nitrogen and oxygen atoms in total. The summed E-state index contributed by atoms with van der Waals surface area (Å²) < 4.78 is 41.2. The highest BCUT2D eigenvalue weighted by Gasteiger charge is 2.30. The van der Waals surface area contributed by atoms with Gasteiger partial charge in [0.15, 0.2) is 0 Å². The predicted molar refractivity (Wildman–Crippen MR) is 129 cm³/mol.